The van der Waals surface area contributed by atoms with Gasteiger partial charge in [0.15, 0.2) is 0 Å². The minimum atomic E-state index is 0.792. The molecule has 0 fully saturated rings. The molecule has 0 amide bonds. The van der Waals surface area contributed by atoms with E-state index >= 15 is 0 Å². The summed E-state index contributed by atoms with van der Waals surface area (Å²) in [6.45, 7) is 0. The van der Waals surface area contributed by atoms with E-state index in [0.29, 0.717) is 0 Å². The van der Waals surface area contributed by atoms with Crippen molar-refractivity contribution in [3.05, 3.63) is 236 Å². The fourth-order valence-corrected chi connectivity index (χ4v) is 9.45. The van der Waals surface area contributed by atoms with E-state index in [1.165, 1.54) is 43.6 Å². The Balaban J connectivity index is 1.05. The van der Waals surface area contributed by atoms with Crippen LogP contribution in [0.3, 0.4) is 0 Å². The van der Waals surface area contributed by atoms with Gasteiger partial charge in [-0.3, -0.25) is 0 Å². The molecule has 60 heavy (non-hydrogen) atoms. The molecule has 0 spiro atoms. The van der Waals surface area contributed by atoms with E-state index in [2.05, 4.69) is 191 Å². The van der Waals surface area contributed by atoms with Gasteiger partial charge in [-0.2, -0.15) is 0 Å². The van der Waals surface area contributed by atoms with E-state index in [9.17, 15) is 0 Å². The van der Waals surface area contributed by atoms with Crippen LogP contribution in [-0.4, -0.2) is 39.1 Å². The van der Waals surface area contributed by atoms with E-state index in [4.69, 9.17) is 20.6 Å². The highest BCUT2D eigenvalue weighted by atomic mass is 15.4. The molecule has 0 N–H and O–H groups in total. The third-order valence-corrected chi connectivity index (χ3v) is 12.1. The summed E-state index contributed by atoms with van der Waals surface area (Å²) >= 11 is 0. The van der Waals surface area contributed by atoms with Crippen molar-refractivity contribution in [1.29, 1.82) is 0 Å². The predicted molar refractivity (Wildman–Crippen MR) is 235 cm³/mol. The first kappa shape index (κ1) is 32.7. The van der Waals surface area contributed by atoms with Crippen LogP contribution in [0.2, 0.25) is 0 Å². The molecule has 1 aliphatic rings. The molecule has 13 rings (SSSR count). The molecule has 4 heterocycles. The average Bonchev–Trinajstić information content (AvgIpc) is 4.10. The van der Waals surface area contributed by atoms with Gasteiger partial charge in [-0.15, -0.1) is 10.2 Å². The summed E-state index contributed by atoms with van der Waals surface area (Å²) in [4.78, 5) is 0. The third-order valence-electron chi connectivity index (χ3n) is 12.1. The second kappa shape index (κ2) is 12.6. The van der Waals surface area contributed by atoms with E-state index in [-0.39, 0.29) is 0 Å². The van der Waals surface area contributed by atoms with Crippen LogP contribution in [0.5, 0.6) is 0 Å². The lowest BCUT2D eigenvalue weighted by molar-refractivity contribution is 0.781. The van der Waals surface area contributed by atoms with Crippen molar-refractivity contribution < 1.29 is 0 Å². The molecule has 0 aliphatic heterocycles. The molecular formula is C52H32N8. The van der Waals surface area contributed by atoms with E-state index in [1.54, 1.807) is 0 Å². The van der Waals surface area contributed by atoms with Crippen LogP contribution in [0.1, 0.15) is 0 Å². The standard InChI is InChI=1S/C52H32N8/c1-2-18-42-41(17-1)49-51(59(55-53-49)35-29-25-33(26-30-35)57-45-21-9-5-13-37(45)38-14-6-10-22-46(38)57)43-19-3-4-20-44(43)52-50(42)54-56-60(52)36-31-27-34(28-32-36)58-47-23-11-7-15-39(47)40-16-8-12-24-48(40)58/h1-32H/b49-41+,50-42+,51-43+,52-44+. The maximum Gasteiger partial charge on any atom is 0.122 e. The highest BCUT2D eigenvalue weighted by Crippen LogP contribution is 2.33. The van der Waals surface area contributed by atoms with Crippen molar-refractivity contribution in [3.8, 4) is 22.7 Å². The molecule has 0 unspecified atom stereocenters. The minimum Gasteiger partial charge on any atom is -0.309 e. The fourth-order valence-electron chi connectivity index (χ4n) is 9.45. The first-order valence-electron chi connectivity index (χ1n) is 20.1. The number of para-hydroxylation sites is 4. The van der Waals surface area contributed by atoms with Crippen LogP contribution < -0.4 is 0 Å². The largest absolute Gasteiger partial charge is 0.309 e. The topological polar surface area (TPSA) is 71.3 Å². The smallest absolute Gasteiger partial charge is 0.122 e. The molecule has 280 valence electrons. The Bertz CT molecular complexity index is 3750. The zero-order valence-electron chi connectivity index (χ0n) is 32.1. The average molecular weight is 769 g/mol. The predicted octanol–water partition coefficient (Wildman–Crippen LogP) is 10.5. The quantitative estimate of drug-likeness (QED) is 0.179. The Morgan fingerprint density at radius 1 is 0.267 bits per heavy atom. The Morgan fingerprint density at radius 2 is 0.550 bits per heavy atom. The summed E-state index contributed by atoms with van der Waals surface area (Å²) in [5.41, 5.74) is 8.66. The molecule has 0 radical (unpaired) electrons. The lowest BCUT2D eigenvalue weighted by Gasteiger charge is -2.10. The summed E-state index contributed by atoms with van der Waals surface area (Å²) in [7, 11) is 0. The number of fused-ring (bicyclic) bond motifs is 10. The normalized spacial score (nSPS) is 14.4. The minimum absolute atomic E-state index is 0.792. The summed E-state index contributed by atoms with van der Waals surface area (Å²) < 4.78 is 8.61. The molecule has 0 saturated heterocycles. The maximum atomic E-state index is 4.89. The van der Waals surface area contributed by atoms with Gasteiger partial charge < -0.3 is 9.13 Å². The van der Waals surface area contributed by atoms with Crippen molar-refractivity contribution in [2.75, 3.05) is 0 Å². The number of hydrogen-bond donors (Lipinski definition) is 0. The van der Waals surface area contributed by atoms with Gasteiger partial charge in [-0.05, 0) is 72.8 Å². The molecule has 8 aromatic carbocycles. The van der Waals surface area contributed by atoms with E-state index in [0.717, 1.165) is 65.0 Å². The molecule has 1 aliphatic carbocycles. The first-order valence-corrected chi connectivity index (χ1v) is 20.1. The molecular weight excluding hydrogens is 737 g/mol. The molecule has 8 heteroatoms. The second-order valence-electron chi connectivity index (χ2n) is 15.3. The van der Waals surface area contributed by atoms with Crippen molar-refractivity contribution in [1.82, 2.24) is 39.1 Å². The van der Waals surface area contributed by atoms with E-state index in [1.807, 2.05) is 21.5 Å². The highest BCUT2D eigenvalue weighted by molar-refractivity contribution is 6.10. The number of nitrogens with zero attached hydrogens (tertiary/aromatic N) is 8. The van der Waals surface area contributed by atoms with Crippen LogP contribution in [0.4, 0.5) is 0 Å². The Hall–Kier alpha value is -8.36. The van der Waals surface area contributed by atoms with Crippen LogP contribution in [0.25, 0.3) is 66.4 Å². The fraction of sp³-hybridized carbons (Fsp3) is 0. The molecule has 0 saturated carbocycles. The van der Waals surface area contributed by atoms with Crippen LogP contribution in [-0.2, 0) is 0 Å². The molecule has 0 atom stereocenters. The van der Waals surface area contributed by atoms with Crippen LogP contribution in [0.15, 0.2) is 194 Å². The summed E-state index contributed by atoms with van der Waals surface area (Å²) in [6.07, 6.45) is 0. The highest BCUT2D eigenvalue weighted by Gasteiger charge is 2.16. The second-order valence-corrected chi connectivity index (χ2v) is 15.3. The van der Waals surface area contributed by atoms with Gasteiger partial charge in [-0.1, -0.05) is 132 Å². The third kappa shape index (κ3) is 4.61. The maximum absolute atomic E-state index is 4.89. The SMILES string of the molecule is c1ccc2/c(c1)=c1/nnn(-c3ccc(-n4c5ccccc5c5ccccc54)cc3)/c1=c1\cccc\c1=c1\c=2nnn1-c1ccc(-n2c3ccccc3c3ccccc32)cc1. The Kier molecular flexibility index (Phi) is 6.85. The van der Waals surface area contributed by atoms with Gasteiger partial charge in [-0.25, -0.2) is 9.36 Å². The number of benzene rings is 8. The lowest BCUT2D eigenvalue weighted by atomic mass is 10.1. The van der Waals surface area contributed by atoms with Gasteiger partial charge in [0.05, 0.1) is 33.4 Å². The lowest BCUT2D eigenvalue weighted by Crippen LogP contribution is -2.02. The van der Waals surface area contributed by atoms with Crippen molar-refractivity contribution in [2.24, 2.45) is 0 Å². The molecule has 12 aromatic rings. The van der Waals surface area contributed by atoms with Crippen molar-refractivity contribution in [3.63, 3.8) is 0 Å². The zero-order chi connectivity index (χ0) is 39.3. The number of aromatic nitrogens is 8. The Morgan fingerprint density at radius 3 is 0.900 bits per heavy atom. The van der Waals surface area contributed by atoms with Gasteiger partial charge >= 0.3 is 0 Å². The first-order chi connectivity index (χ1) is 29.8. The summed E-state index contributed by atoms with van der Waals surface area (Å²) in [6, 6.07) is 68.3. The Labute approximate surface area is 340 Å². The molecule has 0 bridgehead atoms. The van der Waals surface area contributed by atoms with Gasteiger partial charge in [0, 0.05) is 53.8 Å². The zero-order valence-corrected chi connectivity index (χ0v) is 32.1. The van der Waals surface area contributed by atoms with Crippen LogP contribution in [0, 0.1) is 42.3 Å². The van der Waals surface area contributed by atoms with Crippen molar-refractivity contribution in [2.45, 2.75) is 0 Å². The monoisotopic (exact) mass is 768 g/mol. The summed E-state index contributed by atoms with van der Waals surface area (Å²) in [5, 5.41) is 31.7. The van der Waals surface area contributed by atoms with E-state index < -0.39 is 0 Å². The molecule has 4 aromatic heterocycles. The number of hydrogen-bond acceptors (Lipinski definition) is 4. The summed E-state index contributed by atoms with van der Waals surface area (Å²) in [5.74, 6) is 0. The number of rotatable bonds is 4. The van der Waals surface area contributed by atoms with Gasteiger partial charge in [0.2, 0.25) is 0 Å². The van der Waals surface area contributed by atoms with Gasteiger partial charge in [0.25, 0.3) is 0 Å². The van der Waals surface area contributed by atoms with Gasteiger partial charge in [0.1, 0.15) is 21.4 Å². The van der Waals surface area contributed by atoms with Crippen LogP contribution >= 0.6 is 0 Å². The van der Waals surface area contributed by atoms with Crippen molar-refractivity contribution >= 4 is 43.6 Å². The molecule has 8 nitrogen and oxygen atoms in total.